The lowest BCUT2D eigenvalue weighted by atomic mass is 10.1. The van der Waals surface area contributed by atoms with Gasteiger partial charge in [0.15, 0.2) is 10.1 Å². The van der Waals surface area contributed by atoms with Gasteiger partial charge in [-0.3, -0.25) is 14.6 Å². The second kappa shape index (κ2) is 10.6. The van der Waals surface area contributed by atoms with Gasteiger partial charge < -0.3 is 25.3 Å². The van der Waals surface area contributed by atoms with E-state index in [1.807, 2.05) is 0 Å². The predicted molar refractivity (Wildman–Crippen MR) is 128 cm³/mol. The number of carboxylic acids is 1. The Morgan fingerprint density at radius 1 is 1.06 bits per heavy atom. The molecule has 0 fully saturated rings. The largest absolute Gasteiger partial charge is 0.611 e. The van der Waals surface area contributed by atoms with E-state index in [0.717, 1.165) is 5.69 Å². The molecule has 0 saturated heterocycles. The van der Waals surface area contributed by atoms with Crippen LogP contribution in [-0.4, -0.2) is 36.5 Å². The number of hydrogen-bond donors (Lipinski definition) is 4. The van der Waals surface area contributed by atoms with Crippen LogP contribution in [0.2, 0.25) is 0 Å². The number of carbonyl (C=O) groups excluding carboxylic acids is 1. The van der Waals surface area contributed by atoms with Gasteiger partial charge in [0.2, 0.25) is 5.95 Å². The molecule has 10 heteroatoms. The van der Waals surface area contributed by atoms with E-state index < -0.39 is 22.4 Å². The molecule has 1 amide bonds. The third-order valence-corrected chi connectivity index (χ3v) is 6.58. The number of rotatable bonds is 9. The first-order valence-corrected chi connectivity index (χ1v) is 11.5. The minimum absolute atomic E-state index is 0.312. The highest BCUT2D eigenvalue weighted by Crippen LogP contribution is 2.32. The maximum atomic E-state index is 13.2. The summed E-state index contributed by atoms with van der Waals surface area (Å²) in [6.07, 6.45) is 6.10. The fraction of sp³-hybridized carbons (Fsp3) is 0.0833. The SMILES string of the molecule is O=C(O)CC(c1cccnc1)[S+]([O-])c1cccc(NC(=O)c2ccc(Nc3ncc[nH]3)cc2)c1. The molecule has 172 valence electrons. The van der Waals surface area contributed by atoms with E-state index in [2.05, 4.69) is 25.6 Å². The number of carboxylic acid groups (broad SMARTS) is 1. The summed E-state index contributed by atoms with van der Waals surface area (Å²) < 4.78 is 13.2. The van der Waals surface area contributed by atoms with E-state index in [1.54, 1.807) is 79.3 Å². The molecule has 2 aromatic heterocycles. The Kier molecular flexibility index (Phi) is 7.21. The van der Waals surface area contributed by atoms with Crippen LogP contribution in [0.5, 0.6) is 0 Å². The van der Waals surface area contributed by atoms with Gasteiger partial charge >= 0.3 is 5.97 Å². The molecular formula is C24H21N5O4S. The third-order valence-electron chi connectivity index (χ3n) is 4.91. The average molecular weight is 476 g/mol. The Hall–Kier alpha value is -4.15. The molecule has 4 rings (SSSR count). The fourth-order valence-electron chi connectivity index (χ4n) is 3.28. The number of amides is 1. The molecule has 2 aromatic carbocycles. The van der Waals surface area contributed by atoms with Crippen molar-refractivity contribution in [2.45, 2.75) is 16.6 Å². The van der Waals surface area contributed by atoms with Crippen LogP contribution in [0, 0.1) is 0 Å². The summed E-state index contributed by atoms with van der Waals surface area (Å²) in [5.41, 5.74) is 2.23. The summed E-state index contributed by atoms with van der Waals surface area (Å²) in [6.45, 7) is 0. The van der Waals surface area contributed by atoms with E-state index in [-0.39, 0.29) is 12.3 Å². The number of carbonyl (C=O) groups is 2. The van der Waals surface area contributed by atoms with Crippen molar-refractivity contribution in [2.24, 2.45) is 0 Å². The number of aromatic nitrogens is 3. The van der Waals surface area contributed by atoms with Gasteiger partial charge in [0.25, 0.3) is 5.91 Å². The molecule has 0 bridgehead atoms. The van der Waals surface area contributed by atoms with Crippen LogP contribution >= 0.6 is 0 Å². The van der Waals surface area contributed by atoms with Crippen LogP contribution in [0.1, 0.15) is 27.6 Å². The highest BCUT2D eigenvalue weighted by Gasteiger charge is 2.30. The first-order chi connectivity index (χ1) is 16.5. The zero-order valence-electron chi connectivity index (χ0n) is 17.8. The van der Waals surface area contributed by atoms with Gasteiger partial charge in [0.1, 0.15) is 0 Å². The number of nitrogens with zero attached hydrogens (tertiary/aromatic N) is 2. The normalized spacial score (nSPS) is 12.5. The zero-order chi connectivity index (χ0) is 23.9. The quantitative estimate of drug-likeness (QED) is 0.267. The fourth-order valence-corrected chi connectivity index (χ4v) is 4.75. The number of H-pyrrole nitrogens is 1. The Morgan fingerprint density at radius 3 is 2.56 bits per heavy atom. The van der Waals surface area contributed by atoms with Crippen LogP contribution < -0.4 is 10.6 Å². The van der Waals surface area contributed by atoms with Gasteiger partial charge in [0.05, 0.1) is 6.42 Å². The maximum Gasteiger partial charge on any atom is 0.308 e. The van der Waals surface area contributed by atoms with Gasteiger partial charge in [-0.2, -0.15) is 0 Å². The second-order valence-electron chi connectivity index (χ2n) is 7.29. The van der Waals surface area contributed by atoms with E-state index in [1.165, 1.54) is 6.20 Å². The molecule has 0 saturated carbocycles. The Morgan fingerprint density at radius 2 is 1.88 bits per heavy atom. The van der Waals surface area contributed by atoms with Crippen molar-refractivity contribution < 1.29 is 19.2 Å². The van der Waals surface area contributed by atoms with Gasteiger partial charge in [-0.1, -0.05) is 12.1 Å². The van der Waals surface area contributed by atoms with Crippen molar-refractivity contribution in [1.82, 2.24) is 15.0 Å². The molecule has 2 unspecified atom stereocenters. The van der Waals surface area contributed by atoms with Gasteiger partial charge in [-0.05, 0) is 53.6 Å². The number of hydrogen-bond acceptors (Lipinski definition) is 6. The first-order valence-electron chi connectivity index (χ1n) is 10.3. The van der Waals surface area contributed by atoms with Gasteiger partial charge in [0, 0.05) is 53.4 Å². The lowest BCUT2D eigenvalue weighted by Gasteiger charge is -2.20. The van der Waals surface area contributed by atoms with Crippen molar-refractivity contribution in [3.8, 4) is 0 Å². The summed E-state index contributed by atoms with van der Waals surface area (Å²) >= 11 is -1.67. The number of anilines is 3. The number of nitrogens with one attached hydrogen (secondary N) is 3. The summed E-state index contributed by atoms with van der Waals surface area (Å²) in [4.78, 5) is 35.5. The Labute approximate surface area is 198 Å². The highest BCUT2D eigenvalue weighted by molar-refractivity contribution is 7.91. The molecule has 4 aromatic rings. The lowest BCUT2D eigenvalue weighted by Crippen LogP contribution is -2.18. The summed E-state index contributed by atoms with van der Waals surface area (Å²) in [5.74, 6) is -0.798. The van der Waals surface area contributed by atoms with Crippen LogP contribution in [-0.2, 0) is 16.0 Å². The molecule has 0 aliphatic carbocycles. The Bertz CT molecular complexity index is 1250. The van der Waals surface area contributed by atoms with Crippen LogP contribution in [0.3, 0.4) is 0 Å². The molecule has 2 atom stereocenters. The number of aliphatic carboxylic acids is 1. The molecule has 2 heterocycles. The van der Waals surface area contributed by atoms with Crippen molar-refractivity contribution in [2.75, 3.05) is 10.6 Å². The topological polar surface area (TPSA) is 143 Å². The number of aromatic amines is 1. The van der Waals surface area contributed by atoms with E-state index in [4.69, 9.17) is 0 Å². The van der Waals surface area contributed by atoms with Crippen LogP contribution in [0.15, 0.2) is 90.3 Å². The molecule has 34 heavy (non-hydrogen) atoms. The molecule has 0 radical (unpaired) electrons. The first kappa shape index (κ1) is 23.0. The number of pyridine rings is 1. The number of imidazole rings is 1. The monoisotopic (exact) mass is 475 g/mol. The smallest absolute Gasteiger partial charge is 0.308 e. The standard InChI is InChI=1S/C24H21N5O4S/c30-22(31)14-21(17-3-2-10-25-15-17)34(33)20-5-1-4-19(13-20)28-23(32)16-6-8-18(9-7-16)29-24-26-11-12-27-24/h1-13,15,21H,14H2,(H,28,32)(H,30,31)(H2,26,27,29). The van der Waals surface area contributed by atoms with Crippen LogP contribution in [0.25, 0.3) is 0 Å². The summed E-state index contributed by atoms with van der Waals surface area (Å²) in [6, 6.07) is 16.8. The van der Waals surface area contributed by atoms with Crippen LogP contribution in [0.4, 0.5) is 17.3 Å². The highest BCUT2D eigenvalue weighted by atomic mass is 32.2. The van der Waals surface area contributed by atoms with E-state index in [0.29, 0.717) is 27.7 Å². The minimum atomic E-state index is -1.67. The summed E-state index contributed by atoms with van der Waals surface area (Å²) in [5, 5.41) is 14.4. The van der Waals surface area contributed by atoms with Gasteiger partial charge in [-0.15, -0.1) is 0 Å². The third kappa shape index (κ3) is 5.80. The second-order valence-corrected chi connectivity index (χ2v) is 8.93. The predicted octanol–water partition coefficient (Wildman–Crippen LogP) is 4.12. The zero-order valence-corrected chi connectivity index (χ0v) is 18.7. The minimum Gasteiger partial charge on any atom is -0.611 e. The molecule has 0 spiro atoms. The average Bonchev–Trinajstić information content (AvgIpc) is 3.36. The summed E-state index contributed by atoms with van der Waals surface area (Å²) in [7, 11) is 0. The molecule has 0 aliphatic heterocycles. The van der Waals surface area contributed by atoms with E-state index in [9.17, 15) is 19.2 Å². The van der Waals surface area contributed by atoms with Crippen molar-refractivity contribution in [3.63, 3.8) is 0 Å². The van der Waals surface area contributed by atoms with Crippen molar-refractivity contribution >= 4 is 40.4 Å². The lowest BCUT2D eigenvalue weighted by molar-refractivity contribution is -0.137. The van der Waals surface area contributed by atoms with Crippen molar-refractivity contribution in [3.05, 3.63) is 96.6 Å². The maximum absolute atomic E-state index is 13.2. The molecule has 4 N–H and O–H groups in total. The van der Waals surface area contributed by atoms with Crippen molar-refractivity contribution in [1.29, 1.82) is 0 Å². The molecule has 9 nitrogen and oxygen atoms in total. The Balaban J connectivity index is 1.47. The number of benzene rings is 2. The van der Waals surface area contributed by atoms with E-state index >= 15 is 0 Å². The van der Waals surface area contributed by atoms with Gasteiger partial charge in [-0.25, -0.2) is 4.98 Å². The molecule has 0 aliphatic rings. The molecular weight excluding hydrogens is 454 g/mol.